The van der Waals surface area contributed by atoms with Crippen LogP contribution in [0.15, 0.2) is 54.6 Å². The van der Waals surface area contributed by atoms with Gasteiger partial charge in [-0.1, -0.05) is 29.8 Å². The Morgan fingerprint density at radius 1 is 1.13 bits per heavy atom. The average Bonchev–Trinajstić information content (AvgIpc) is 2.97. The van der Waals surface area contributed by atoms with Gasteiger partial charge >= 0.3 is 5.97 Å². The molecule has 0 saturated heterocycles. The van der Waals surface area contributed by atoms with Gasteiger partial charge in [-0.2, -0.15) is 0 Å². The smallest absolute Gasteiger partial charge is 0.339 e. The van der Waals surface area contributed by atoms with E-state index < -0.39 is 23.4 Å². The Balaban J connectivity index is 1.92. The number of carbonyl (C=O) groups is 2. The Kier molecular flexibility index (Phi) is 4.79. The van der Waals surface area contributed by atoms with Crippen molar-refractivity contribution in [1.29, 1.82) is 0 Å². The molecule has 5 nitrogen and oxygen atoms in total. The molecule has 0 spiro atoms. The van der Waals surface area contributed by atoms with Crippen LogP contribution >= 0.6 is 11.6 Å². The number of hydrogen-bond donors (Lipinski definition) is 2. The van der Waals surface area contributed by atoms with Gasteiger partial charge in [0.2, 0.25) is 0 Å². The molecule has 0 atom stereocenters. The third-order valence-corrected chi connectivity index (χ3v) is 5.28. The highest BCUT2D eigenvalue weighted by Gasteiger charge is 2.35. The highest BCUT2D eigenvalue weighted by atomic mass is 35.5. The van der Waals surface area contributed by atoms with Crippen LogP contribution in [0.5, 0.6) is 5.75 Å². The zero-order valence-corrected chi connectivity index (χ0v) is 16.4. The Labute approximate surface area is 176 Å². The van der Waals surface area contributed by atoms with Gasteiger partial charge in [0.1, 0.15) is 17.1 Å². The lowest BCUT2D eigenvalue weighted by Gasteiger charge is -2.18. The molecule has 30 heavy (non-hydrogen) atoms. The molecule has 4 rings (SSSR count). The van der Waals surface area contributed by atoms with Crippen LogP contribution in [0.1, 0.15) is 27.0 Å². The van der Waals surface area contributed by atoms with Gasteiger partial charge in [-0.25, -0.2) is 9.18 Å². The van der Waals surface area contributed by atoms with Crippen LogP contribution in [-0.2, 0) is 4.79 Å². The van der Waals surface area contributed by atoms with Crippen molar-refractivity contribution in [2.24, 2.45) is 0 Å². The van der Waals surface area contributed by atoms with Crippen molar-refractivity contribution < 1.29 is 24.2 Å². The summed E-state index contributed by atoms with van der Waals surface area (Å²) in [5.74, 6) is -2.74. The van der Waals surface area contributed by atoms with E-state index >= 15 is 0 Å². The van der Waals surface area contributed by atoms with Crippen molar-refractivity contribution in [3.05, 3.63) is 87.7 Å². The number of anilines is 2. The molecule has 2 N–H and O–H groups in total. The zero-order valence-electron chi connectivity index (χ0n) is 15.7. The molecule has 0 bridgehead atoms. The second-order valence-corrected chi connectivity index (χ2v) is 7.22. The monoisotopic (exact) mass is 423 g/mol. The van der Waals surface area contributed by atoms with E-state index in [-0.39, 0.29) is 27.4 Å². The molecule has 0 aliphatic carbocycles. The lowest BCUT2D eigenvalue weighted by molar-refractivity contribution is -0.112. The molecule has 1 aliphatic heterocycles. The van der Waals surface area contributed by atoms with Crippen LogP contribution in [0.2, 0.25) is 5.02 Å². The van der Waals surface area contributed by atoms with Gasteiger partial charge in [0.15, 0.2) is 0 Å². The molecular weight excluding hydrogens is 409 g/mol. The van der Waals surface area contributed by atoms with E-state index in [1.807, 2.05) is 13.0 Å². The van der Waals surface area contributed by atoms with Gasteiger partial charge in [0.25, 0.3) is 5.91 Å². The molecule has 0 fully saturated rings. The molecule has 3 aromatic rings. The third-order valence-electron chi connectivity index (χ3n) is 4.95. The number of aromatic hydroxyl groups is 1. The molecule has 0 saturated carbocycles. The summed E-state index contributed by atoms with van der Waals surface area (Å²) < 4.78 is 14.4. The van der Waals surface area contributed by atoms with Gasteiger partial charge in [0, 0.05) is 17.2 Å². The maximum atomic E-state index is 14.4. The molecule has 0 aromatic heterocycles. The number of benzene rings is 3. The number of halogens is 2. The summed E-state index contributed by atoms with van der Waals surface area (Å²) in [6.45, 7) is 1.83. The average molecular weight is 424 g/mol. The van der Waals surface area contributed by atoms with Crippen molar-refractivity contribution >= 4 is 46.5 Å². The summed E-state index contributed by atoms with van der Waals surface area (Å²) in [5.41, 5.74) is 2.32. The molecule has 0 unspecified atom stereocenters. The molecule has 1 amide bonds. The first-order valence-electron chi connectivity index (χ1n) is 8.96. The van der Waals surface area contributed by atoms with Gasteiger partial charge < -0.3 is 10.2 Å². The number of nitrogens with zero attached hydrogens (tertiary/aromatic N) is 1. The van der Waals surface area contributed by atoms with Gasteiger partial charge in [-0.3, -0.25) is 9.69 Å². The number of aromatic carboxylic acids is 1. The SMILES string of the molecule is Cc1cccc2c1/C(=C/c1c(F)cccc1Cl)C(=O)N2c1ccc(C(=O)O)c(O)c1. The number of carboxylic acid groups (broad SMARTS) is 1. The van der Waals surface area contributed by atoms with Crippen LogP contribution in [-0.4, -0.2) is 22.1 Å². The van der Waals surface area contributed by atoms with Crippen LogP contribution in [0, 0.1) is 12.7 Å². The summed E-state index contributed by atoms with van der Waals surface area (Å²) in [4.78, 5) is 25.9. The Bertz CT molecular complexity index is 1230. The van der Waals surface area contributed by atoms with E-state index in [9.17, 15) is 19.1 Å². The molecule has 3 aromatic carbocycles. The standard InChI is InChI=1S/C23H15ClFNO4/c1-12-4-2-7-19-21(12)16(11-15-17(24)5-3-6-18(15)25)22(28)26(19)13-8-9-14(23(29)30)20(27)10-13/h2-11,27H,1H3,(H,29,30)/b16-11-. The Hall–Kier alpha value is -3.64. The van der Waals surface area contributed by atoms with Gasteiger partial charge in [-0.15, -0.1) is 0 Å². The zero-order chi connectivity index (χ0) is 21.6. The van der Waals surface area contributed by atoms with Crippen molar-refractivity contribution in [3.63, 3.8) is 0 Å². The Morgan fingerprint density at radius 3 is 2.53 bits per heavy atom. The largest absolute Gasteiger partial charge is 0.507 e. The lowest BCUT2D eigenvalue weighted by Crippen LogP contribution is -2.20. The van der Waals surface area contributed by atoms with E-state index in [1.54, 1.807) is 12.1 Å². The van der Waals surface area contributed by atoms with Gasteiger partial charge in [0.05, 0.1) is 22.0 Å². The number of fused-ring (bicyclic) bond motifs is 1. The highest BCUT2D eigenvalue weighted by molar-refractivity contribution is 6.39. The Morgan fingerprint density at radius 2 is 1.87 bits per heavy atom. The lowest BCUT2D eigenvalue weighted by atomic mass is 9.99. The minimum atomic E-state index is -1.28. The van der Waals surface area contributed by atoms with Crippen molar-refractivity contribution in [3.8, 4) is 5.75 Å². The number of phenols is 1. The van der Waals surface area contributed by atoms with E-state index in [1.165, 1.54) is 47.4 Å². The minimum Gasteiger partial charge on any atom is -0.507 e. The topological polar surface area (TPSA) is 77.8 Å². The molecule has 0 radical (unpaired) electrons. The first-order valence-corrected chi connectivity index (χ1v) is 9.34. The number of hydrogen-bond acceptors (Lipinski definition) is 3. The van der Waals surface area contributed by atoms with Gasteiger partial charge in [-0.05, 0) is 48.9 Å². The highest BCUT2D eigenvalue weighted by Crippen LogP contribution is 2.45. The first-order chi connectivity index (χ1) is 14.3. The van der Waals surface area contributed by atoms with Crippen LogP contribution in [0.4, 0.5) is 15.8 Å². The number of carboxylic acids is 1. The number of rotatable bonds is 3. The third kappa shape index (κ3) is 3.11. The molecule has 1 heterocycles. The molecular formula is C23H15ClFNO4. The minimum absolute atomic E-state index is 0.0997. The fourth-order valence-electron chi connectivity index (χ4n) is 3.55. The summed E-state index contributed by atoms with van der Waals surface area (Å²) >= 11 is 6.15. The fourth-order valence-corrected chi connectivity index (χ4v) is 3.77. The number of aryl methyl sites for hydroxylation is 1. The van der Waals surface area contributed by atoms with Crippen LogP contribution in [0.25, 0.3) is 11.6 Å². The summed E-state index contributed by atoms with van der Waals surface area (Å²) in [5, 5.41) is 19.4. The maximum Gasteiger partial charge on any atom is 0.339 e. The van der Waals surface area contributed by atoms with E-state index in [0.717, 1.165) is 5.56 Å². The maximum absolute atomic E-state index is 14.4. The predicted molar refractivity (Wildman–Crippen MR) is 113 cm³/mol. The molecule has 7 heteroatoms. The van der Waals surface area contributed by atoms with Crippen LogP contribution < -0.4 is 4.90 Å². The van der Waals surface area contributed by atoms with Crippen molar-refractivity contribution in [2.75, 3.05) is 4.90 Å². The summed E-state index contributed by atoms with van der Waals surface area (Å²) in [7, 11) is 0. The quantitative estimate of drug-likeness (QED) is 0.552. The van der Waals surface area contributed by atoms with Crippen LogP contribution in [0.3, 0.4) is 0 Å². The number of amides is 1. The second-order valence-electron chi connectivity index (χ2n) is 6.81. The summed E-state index contributed by atoms with van der Waals surface area (Å²) in [6.07, 6.45) is 1.41. The molecule has 1 aliphatic rings. The van der Waals surface area contributed by atoms with E-state index in [4.69, 9.17) is 16.7 Å². The fraction of sp³-hybridized carbons (Fsp3) is 0.0435. The summed E-state index contributed by atoms with van der Waals surface area (Å²) in [6, 6.07) is 13.5. The number of carbonyl (C=O) groups excluding carboxylic acids is 1. The van der Waals surface area contributed by atoms with E-state index in [2.05, 4.69) is 0 Å². The first kappa shape index (κ1) is 19.7. The second kappa shape index (κ2) is 7.31. The van der Waals surface area contributed by atoms with Crippen molar-refractivity contribution in [2.45, 2.75) is 6.92 Å². The predicted octanol–water partition coefficient (Wildman–Crippen LogP) is 5.41. The van der Waals surface area contributed by atoms with E-state index in [0.29, 0.717) is 11.3 Å². The normalized spacial score (nSPS) is 14.3. The van der Waals surface area contributed by atoms with Crippen molar-refractivity contribution in [1.82, 2.24) is 0 Å². The molecule has 150 valence electrons.